The van der Waals surface area contributed by atoms with Crippen LogP contribution in [0.1, 0.15) is 0 Å². The number of likely N-dealkylation sites (N-methyl/N-ethyl adjacent to an activating group) is 1. The van der Waals surface area contributed by atoms with Gasteiger partial charge in [0, 0.05) is 49.4 Å². The van der Waals surface area contributed by atoms with E-state index in [4.69, 9.17) is 9.47 Å². The zero-order chi connectivity index (χ0) is 24.6. The number of anilines is 1. The highest BCUT2D eigenvalue weighted by atomic mass is 32.2. The fourth-order valence-electron chi connectivity index (χ4n) is 4.12. The maximum absolute atomic E-state index is 13.5. The highest BCUT2D eigenvalue weighted by Crippen LogP contribution is 2.23. The number of aromatic nitrogens is 3. The molecular weight excluding hydrogens is 470 g/mol. The number of rotatable bonds is 6. The summed E-state index contributed by atoms with van der Waals surface area (Å²) in [4.78, 5) is 18.0. The van der Waals surface area contributed by atoms with Gasteiger partial charge < -0.3 is 9.47 Å². The quantitative estimate of drug-likeness (QED) is 0.436. The number of nitrogens with one attached hydrogen (secondary N) is 1. The van der Waals surface area contributed by atoms with Gasteiger partial charge in [-0.15, -0.1) is 0 Å². The number of ether oxygens (including phenoxy) is 2. The smallest absolute Gasteiger partial charge is 0.301 e. The molecule has 0 saturated carbocycles. The number of benzene rings is 1. The summed E-state index contributed by atoms with van der Waals surface area (Å²) < 4.78 is 42.1. The third-order valence-corrected chi connectivity index (χ3v) is 7.46. The van der Waals surface area contributed by atoms with E-state index in [-0.39, 0.29) is 23.8 Å². The molecule has 0 aliphatic carbocycles. The molecular formula is C24H25N5O5S. The van der Waals surface area contributed by atoms with Gasteiger partial charge >= 0.3 is 10.2 Å². The molecule has 5 rings (SSSR count). The van der Waals surface area contributed by atoms with E-state index in [2.05, 4.69) is 14.8 Å². The van der Waals surface area contributed by atoms with Crippen LogP contribution in [0.15, 0.2) is 59.7 Å². The normalized spacial score (nSPS) is 16.7. The zero-order valence-corrected chi connectivity index (χ0v) is 20.2. The molecule has 1 aliphatic rings. The van der Waals surface area contributed by atoms with E-state index >= 15 is 0 Å². The molecule has 1 saturated heterocycles. The fourth-order valence-corrected chi connectivity index (χ4v) is 5.06. The van der Waals surface area contributed by atoms with E-state index in [1.165, 1.54) is 11.4 Å². The highest BCUT2D eigenvalue weighted by Gasteiger charge is 2.24. The summed E-state index contributed by atoms with van der Waals surface area (Å²) in [6, 6.07) is 12.1. The minimum Gasteiger partial charge on any atom is -0.376 e. The molecule has 1 atom stereocenters. The summed E-state index contributed by atoms with van der Waals surface area (Å²) in [5.41, 5.74) is 2.20. The molecule has 2 aromatic heterocycles. The number of pyridine rings is 1. The predicted octanol–water partition coefficient (Wildman–Crippen LogP) is 2.15. The Hall–Kier alpha value is -3.38. The van der Waals surface area contributed by atoms with E-state index in [9.17, 15) is 13.2 Å². The molecule has 4 aromatic rings. The average Bonchev–Trinajstić information content (AvgIpc) is 3.23. The topological polar surface area (TPSA) is 116 Å². The second kappa shape index (κ2) is 9.34. The summed E-state index contributed by atoms with van der Waals surface area (Å²) in [7, 11) is -0.579. The molecule has 1 N–H and O–H groups in total. The van der Waals surface area contributed by atoms with Crippen molar-refractivity contribution >= 4 is 37.6 Å². The van der Waals surface area contributed by atoms with E-state index < -0.39 is 10.2 Å². The van der Waals surface area contributed by atoms with Gasteiger partial charge in [0.15, 0.2) is 5.43 Å². The average molecular weight is 496 g/mol. The van der Waals surface area contributed by atoms with Gasteiger partial charge in [-0.25, -0.2) is 0 Å². The number of hydrogen-bond acceptors (Lipinski definition) is 7. The van der Waals surface area contributed by atoms with Gasteiger partial charge in [0.25, 0.3) is 0 Å². The molecule has 11 heteroatoms. The van der Waals surface area contributed by atoms with Crippen LogP contribution in [0, 0.1) is 0 Å². The molecule has 0 bridgehead atoms. The molecule has 0 unspecified atom stereocenters. The van der Waals surface area contributed by atoms with E-state index in [1.807, 2.05) is 13.1 Å². The molecule has 3 heterocycles. The molecule has 1 fully saturated rings. The van der Waals surface area contributed by atoms with Crippen molar-refractivity contribution in [3.8, 4) is 11.3 Å². The first kappa shape index (κ1) is 23.4. The largest absolute Gasteiger partial charge is 0.376 e. The predicted molar refractivity (Wildman–Crippen MR) is 133 cm³/mol. The first-order chi connectivity index (χ1) is 16.8. The van der Waals surface area contributed by atoms with Gasteiger partial charge in [0.05, 0.1) is 42.8 Å². The zero-order valence-electron chi connectivity index (χ0n) is 19.3. The number of hydrogen-bond donors (Lipinski definition) is 1. The summed E-state index contributed by atoms with van der Waals surface area (Å²) in [5.74, 6) is 0. The lowest BCUT2D eigenvalue weighted by Gasteiger charge is -2.27. The molecule has 0 amide bonds. The lowest BCUT2D eigenvalue weighted by atomic mass is 10.1. The second-order valence-electron chi connectivity index (χ2n) is 8.42. The van der Waals surface area contributed by atoms with Gasteiger partial charge in [-0.1, -0.05) is 12.1 Å². The van der Waals surface area contributed by atoms with E-state index in [0.717, 1.165) is 11.3 Å². The monoisotopic (exact) mass is 495 g/mol. The first-order valence-electron chi connectivity index (χ1n) is 11.1. The van der Waals surface area contributed by atoms with Crippen LogP contribution in [-0.2, 0) is 26.7 Å². The molecule has 0 radical (unpaired) electrons. The van der Waals surface area contributed by atoms with Crippen LogP contribution in [0.5, 0.6) is 0 Å². The van der Waals surface area contributed by atoms with E-state index in [0.29, 0.717) is 41.5 Å². The Labute approximate surface area is 202 Å². The summed E-state index contributed by atoms with van der Waals surface area (Å²) in [5, 5.41) is 5.68. The van der Waals surface area contributed by atoms with Crippen molar-refractivity contribution in [2.24, 2.45) is 7.05 Å². The number of aryl methyl sites for hydroxylation is 1. The Balaban J connectivity index is 1.50. The molecule has 35 heavy (non-hydrogen) atoms. The van der Waals surface area contributed by atoms with Crippen molar-refractivity contribution in [3.05, 3.63) is 65.1 Å². The molecule has 10 nitrogen and oxygen atoms in total. The van der Waals surface area contributed by atoms with Gasteiger partial charge in [-0.05, 0) is 35.7 Å². The van der Waals surface area contributed by atoms with Crippen LogP contribution in [0.2, 0.25) is 0 Å². The van der Waals surface area contributed by atoms with Crippen LogP contribution in [-0.4, -0.2) is 67.0 Å². The van der Waals surface area contributed by atoms with Gasteiger partial charge in [-0.2, -0.15) is 17.8 Å². The van der Waals surface area contributed by atoms with Gasteiger partial charge in [0.1, 0.15) is 0 Å². The van der Waals surface area contributed by atoms with Crippen LogP contribution in [0.3, 0.4) is 0 Å². The molecule has 1 aliphatic heterocycles. The fraction of sp³-hybridized carbons (Fsp3) is 0.292. The second-order valence-corrected chi connectivity index (χ2v) is 10.2. The Morgan fingerprint density at radius 3 is 2.71 bits per heavy atom. The Kier molecular flexibility index (Phi) is 6.24. The third kappa shape index (κ3) is 4.76. The SMILES string of the molecule is CN(C[C@@H]1COCCO1)S(=O)(=O)Nc1ccc2ccc3ncc(-c4ccnn4C)cc3c(=O)c2c1. The van der Waals surface area contributed by atoms with Crippen molar-refractivity contribution in [3.63, 3.8) is 0 Å². The van der Waals surface area contributed by atoms with Gasteiger partial charge in [0.2, 0.25) is 0 Å². The number of nitrogens with zero attached hydrogens (tertiary/aromatic N) is 4. The van der Waals surface area contributed by atoms with Crippen LogP contribution >= 0.6 is 0 Å². The van der Waals surface area contributed by atoms with Crippen LogP contribution < -0.4 is 10.2 Å². The molecule has 2 aromatic carbocycles. The van der Waals surface area contributed by atoms with Crippen molar-refractivity contribution in [1.82, 2.24) is 19.1 Å². The first-order valence-corrected chi connectivity index (χ1v) is 12.5. The minimum absolute atomic E-state index is 0.151. The van der Waals surface area contributed by atoms with E-state index in [1.54, 1.807) is 53.5 Å². The summed E-state index contributed by atoms with van der Waals surface area (Å²) in [6.07, 6.45) is 3.06. The Morgan fingerprint density at radius 1 is 1.14 bits per heavy atom. The van der Waals surface area contributed by atoms with Crippen molar-refractivity contribution in [2.75, 3.05) is 38.1 Å². The van der Waals surface area contributed by atoms with Crippen molar-refractivity contribution in [1.29, 1.82) is 0 Å². The minimum atomic E-state index is -3.87. The highest BCUT2D eigenvalue weighted by molar-refractivity contribution is 7.90. The Bertz CT molecular complexity index is 1560. The third-order valence-electron chi connectivity index (χ3n) is 6.00. The maximum Gasteiger partial charge on any atom is 0.301 e. The van der Waals surface area contributed by atoms with Crippen molar-refractivity contribution < 1.29 is 17.9 Å². The Morgan fingerprint density at radius 2 is 1.97 bits per heavy atom. The maximum atomic E-state index is 13.5. The lowest BCUT2D eigenvalue weighted by molar-refractivity contribution is -0.0908. The summed E-state index contributed by atoms with van der Waals surface area (Å²) >= 11 is 0. The molecule has 182 valence electrons. The standard InChI is InChI=1S/C24H25N5O5S/c1-28(14-19-15-33-9-10-34-19)35(31,32)27-18-5-3-16-4-6-22-21(24(30)20(16)12-18)11-17(13-25-22)23-7-8-26-29(23)2/h3-8,11-13,19,27H,9-10,14-15H2,1-2H3/t19-/m1/s1. The lowest BCUT2D eigenvalue weighted by Crippen LogP contribution is -2.42. The number of fused-ring (bicyclic) bond motifs is 2. The van der Waals surface area contributed by atoms with Crippen molar-refractivity contribution in [2.45, 2.75) is 6.10 Å². The van der Waals surface area contributed by atoms with Crippen LogP contribution in [0.25, 0.3) is 32.9 Å². The van der Waals surface area contributed by atoms with Gasteiger partial charge in [-0.3, -0.25) is 19.2 Å². The van der Waals surface area contributed by atoms with Crippen LogP contribution in [0.4, 0.5) is 5.69 Å². The molecule has 0 spiro atoms. The summed E-state index contributed by atoms with van der Waals surface area (Å²) in [6.45, 7) is 1.43.